The minimum Gasteiger partial charge on any atom is -0.441 e. The van der Waals surface area contributed by atoms with Gasteiger partial charge in [0.05, 0.1) is 0 Å². The SMILES string of the molecule is CC(C)(c1cccc(Cl)c1)C(OC(N)=O)c1ccccc1. The molecule has 2 rings (SSSR count). The molecule has 0 fully saturated rings. The molecule has 0 radical (unpaired) electrons. The Labute approximate surface area is 129 Å². The summed E-state index contributed by atoms with van der Waals surface area (Å²) in [5, 5.41) is 0.645. The van der Waals surface area contributed by atoms with Gasteiger partial charge in [-0.3, -0.25) is 0 Å². The first-order valence-electron chi connectivity index (χ1n) is 6.68. The summed E-state index contributed by atoms with van der Waals surface area (Å²) in [5.41, 5.74) is 6.64. The standard InChI is InChI=1S/C17H18ClNO2/c1-17(2,13-9-6-10-14(18)11-13)15(21-16(19)20)12-7-4-3-5-8-12/h3-11,15H,1-2H3,(H2,19,20). The number of ether oxygens (including phenoxy) is 1. The first-order chi connectivity index (χ1) is 9.91. The molecule has 21 heavy (non-hydrogen) atoms. The zero-order valence-electron chi connectivity index (χ0n) is 12.0. The lowest BCUT2D eigenvalue weighted by atomic mass is 9.76. The van der Waals surface area contributed by atoms with Crippen LogP contribution in [0.25, 0.3) is 0 Å². The van der Waals surface area contributed by atoms with E-state index < -0.39 is 17.6 Å². The third-order valence-electron chi connectivity index (χ3n) is 3.56. The summed E-state index contributed by atoms with van der Waals surface area (Å²) in [7, 11) is 0. The average Bonchev–Trinajstić information content (AvgIpc) is 2.45. The van der Waals surface area contributed by atoms with Crippen molar-refractivity contribution in [1.82, 2.24) is 0 Å². The smallest absolute Gasteiger partial charge is 0.405 e. The maximum Gasteiger partial charge on any atom is 0.405 e. The third-order valence-corrected chi connectivity index (χ3v) is 3.80. The van der Waals surface area contributed by atoms with Crippen LogP contribution in [0.15, 0.2) is 54.6 Å². The molecule has 1 amide bonds. The van der Waals surface area contributed by atoms with E-state index in [4.69, 9.17) is 22.1 Å². The van der Waals surface area contributed by atoms with E-state index in [-0.39, 0.29) is 0 Å². The topological polar surface area (TPSA) is 52.3 Å². The number of hydrogen-bond donors (Lipinski definition) is 1. The van der Waals surface area contributed by atoms with Gasteiger partial charge in [-0.2, -0.15) is 0 Å². The Morgan fingerprint density at radius 1 is 1.14 bits per heavy atom. The Kier molecular flexibility index (Phi) is 4.53. The monoisotopic (exact) mass is 303 g/mol. The van der Waals surface area contributed by atoms with Gasteiger partial charge in [0.1, 0.15) is 6.10 Å². The van der Waals surface area contributed by atoms with E-state index in [1.807, 2.05) is 68.4 Å². The molecule has 0 spiro atoms. The van der Waals surface area contributed by atoms with E-state index in [2.05, 4.69) is 0 Å². The summed E-state index contributed by atoms with van der Waals surface area (Å²) in [6, 6.07) is 17.1. The van der Waals surface area contributed by atoms with Gasteiger partial charge in [-0.15, -0.1) is 0 Å². The molecular formula is C17H18ClNO2. The summed E-state index contributed by atoms with van der Waals surface area (Å²) < 4.78 is 5.39. The van der Waals surface area contributed by atoms with Crippen molar-refractivity contribution in [3.8, 4) is 0 Å². The van der Waals surface area contributed by atoms with Crippen LogP contribution in [0.4, 0.5) is 4.79 Å². The van der Waals surface area contributed by atoms with Crippen molar-refractivity contribution in [2.24, 2.45) is 5.73 Å². The van der Waals surface area contributed by atoms with Crippen molar-refractivity contribution in [2.45, 2.75) is 25.4 Å². The highest BCUT2D eigenvalue weighted by Crippen LogP contribution is 2.40. The molecule has 3 nitrogen and oxygen atoms in total. The lowest BCUT2D eigenvalue weighted by Gasteiger charge is -2.34. The quantitative estimate of drug-likeness (QED) is 0.907. The Morgan fingerprint density at radius 2 is 1.81 bits per heavy atom. The normalized spacial score (nSPS) is 12.7. The number of amides is 1. The zero-order valence-corrected chi connectivity index (χ0v) is 12.8. The predicted molar refractivity (Wildman–Crippen MR) is 84.3 cm³/mol. The summed E-state index contributed by atoms with van der Waals surface area (Å²) in [5.74, 6) is 0. The van der Waals surface area contributed by atoms with Gasteiger partial charge >= 0.3 is 6.09 Å². The molecule has 1 atom stereocenters. The minimum atomic E-state index is -0.793. The lowest BCUT2D eigenvalue weighted by Crippen LogP contribution is -2.32. The van der Waals surface area contributed by atoms with Crippen molar-refractivity contribution in [3.05, 3.63) is 70.7 Å². The maximum absolute atomic E-state index is 11.3. The number of halogens is 1. The van der Waals surface area contributed by atoms with Gasteiger partial charge in [0.2, 0.25) is 0 Å². The van der Waals surface area contributed by atoms with E-state index in [0.717, 1.165) is 11.1 Å². The van der Waals surface area contributed by atoms with Gasteiger partial charge < -0.3 is 10.5 Å². The van der Waals surface area contributed by atoms with Gasteiger partial charge in [-0.1, -0.05) is 67.9 Å². The Bertz CT molecular complexity index is 626. The highest BCUT2D eigenvalue weighted by molar-refractivity contribution is 6.30. The predicted octanol–water partition coefficient (Wildman–Crippen LogP) is 4.45. The molecule has 110 valence electrons. The second kappa shape index (κ2) is 6.19. The largest absolute Gasteiger partial charge is 0.441 e. The van der Waals surface area contributed by atoms with E-state index in [9.17, 15) is 4.79 Å². The molecule has 0 bridgehead atoms. The molecule has 0 saturated carbocycles. The molecule has 0 aliphatic heterocycles. The summed E-state index contributed by atoms with van der Waals surface area (Å²) in [4.78, 5) is 11.3. The molecule has 0 heterocycles. The first kappa shape index (κ1) is 15.4. The van der Waals surface area contributed by atoms with Crippen molar-refractivity contribution >= 4 is 17.7 Å². The molecule has 0 aromatic heterocycles. The number of benzene rings is 2. The molecule has 4 heteroatoms. The van der Waals surface area contributed by atoms with Crippen LogP contribution >= 0.6 is 11.6 Å². The summed E-state index contributed by atoms with van der Waals surface area (Å²) in [6.45, 7) is 4.00. The second-order valence-corrected chi connectivity index (χ2v) is 5.90. The lowest BCUT2D eigenvalue weighted by molar-refractivity contribution is 0.0621. The van der Waals surface area contributed by atoms with Crippen LogP contribution in [0, 0.1) is 0 Å². The van der Waals surface area contributed by atoms with Gasteiger partial charge in [0.25, 0.3) is 0 Å². The van der Waals surface area contributed by atoms with Crippen LogP contribution in [-0.2, 0) is 10.2 Å². The van der Waals surface area contributed by atoms with Crippen LogP contribution in [0.1, 0.15) is 31.1 Å². The average molecular weight is 304 g/mol. The number of nitrogens with two attached hydrogens (primary N) is 1. The van der Waals surface area contributed by atoms with Crippen molar-refractivity contribution in [2.75, 3.05) is 0 Å². The molecule has 2 aromatic carbocycles. The van der Waals surface area contributed by atoms with E-state index in [1.54, 1.807) is 0 Å². The maximum atomic E-state index is 11.3. The molecule has 0 saturated heterocycles. The fraction of sp³-hybridized carbons (Fsp3) is 0.235. The zero-order chi connectivity index (χ0) is 15.5. The second-order valence-electron chi connectivity index (χ2n) is 5.46. The Balaban J connectivity index is 2.46. The highest BCUT2D eigenvalue weighted by atomic mass is 35.5. The van der Waals surface area contributed by atoms with Crippen molar-refractivity contribution < 1.29 is 9.53 Å². The van der Waals surface area contributed by atoms with Gasteiger partial charge in [-0.05, 0) is 23.3 Å². The number of primary amides is 1. The summed E-state index contributed by atoms with van der Waals surface area (Å²) in [6.07, 6.45) is -1.28. The summed E-state index contributed by atoms with van der Waals surface area (Å²) >= 11 is 6.07. The number of rotatable bonds is 4. The van der Waals surface area contributed by atoms with E-state index in [1.165, 1.54) is 0 Å². The highest BCUT2D eigenvalue weighted by Gasteiger charge is 2.35. The van der Waals surface area contributed by atoms with E-state index >= 15 is 0 Å². The number of carbonyl (C=O) groups excluding carboxylic acids is 1. The van der Waals surface area contributed by atoms with Crippen LogP contribution in [0.2, 0.25) is 5.02 Å². The van der Waals surface area contributed by atoms with Crippen LogP contribution in [0.5, 0.6) is 0 Å². The minimum absolute atomic E-state index is 0.471. The van der Waals surface area contributed by atoms with Crippen LogP contribution in [0.3, 0.4) is 0 Å². The first-order valence-corrected chi connectivity index (χ1v) is 7.06. The fourth-order valence-corrected chi connectivity index (χ4v) is 2.61. The Morgan fingerprint density at radius 3 is 2.38 bits per heavy atom. The van der Waals surface area contributed by atoms with E-state index in [0.29, 0.717) is 5.02 Å². The van der Waals surface area contributed by atoms with Gasteiger partial charge in [0.15, 0.2) is 0 Å². The van der Waals surface area contributed by atoms with Crippen LogP contribution < -0.4 is 5.73 Å². The fourth-order valence-electron chi connectivity index (χ4n) is 2.42. The van der Waals surface area contributed by atoms with Gasteiger partial charge in [-0.25, -0.2) is 4.79 Å². The van der Waals surface area contributed by atoms with Gasteiger partial charge in [0, 0.05) is 10.4 Å². The molecule has 1 unspecified atom stereocenters. The molecule has 0 aliphatic carbocycles. The van der Waals surface area contributed by atoms with Crippen molar-refractivity contribution in [1.29, 1.82) is 0 Å². The third kappa shape index (κ3) is 3.56. The number of carbonyl (C=O) groups is 1. The molecular weight excluding hydrogens is 286 g/mol. The van der Waals surface area contributed by atoms with Crippen LogP contribution in [-0.4, -0.2) is 6.09 Å². The Hall–Kier alpha value is -2.00. The number of hydrogen-bond acceptors (Lipinski definition) is 2. The van der Waals surface area contributed by atoms with Crippen molar-refractivity contribution in [3.63, 3.8) is 0 Å². The molecule has 2 N–H and O–H groups in total. The molecule has 2 aromatic rings. The molecule has 0 aliphatic rings.